The van der Waals surface area contributed by atoms with E-state index in [4.69, 9.17) is 5.11 Å². The first kappa shape index (κ1) is 17.0. The molecule has 0 aliphatic rings. The molecule has 25 heavy (non-hydrogen) atoms. The summed E-state index contributed by atoms with van der Waals surface area (Å²) in [6.07, 6.45) is 2.39. The molecule has 3 aromatic rings. The molecule has 0 saturated carbocycles. The molecular formula is C18H21N5O2. The molecule has 1 amide bonds. The average molecular weight is 339 g/mol. The summed E-state index contributed by atoms with van der Waals surface area (Å²) in [6, 6.07) is 9.60. The lowest BCUT2D eigenvalue weighted by Crippen LogP contribution is -2.29. The fraction of sp³-hybridized carbons (Fsp3) is 0.333. The van der Waals surface area contributed by atoms with Crippen molar-refractivity contribution in [2.75, 3.05) is 13.2 Å². The lowest BCUT2D eigenvalue weighted by atomic mass is 10.1. The van der Waals surface area contributed by atoms with Crippen LogP contribution in [0, 0.1) is 12.8 Å². The van der Waals surface area contributed by atoms with Gasteiger partial charge in [-0.2, -0.15) is 0 Å². The van der Waals surface area contributed by atoms with Gasteiger partial charge in [0.25, 0.3) is 5.91 Å². The van der Waals surface area contributed by atoms with Crippen molar-refractivity contribution < 1.29 is 9.90 Å². The van der Waals surface area contributed by atoms with Crippen molar-refractivity contribution in [2.24, 2.45) is 5.92 Å². The Bertz CT molecular complexity index is 885. The molecule has 0 spiro atoms. The number of benzene rings is 1. The summed E-state index contributed by atoms with van der Waals surface area (Å²) in [5.74, 6) is -0.0552. The van der Waals surface area contributed by atoms with E-state index >= 15 is 0 Å². The fourth-order valence-electron chi connectivity index (χ4n) is 2.71. The van der Waals surface area contributed by atoms with Crippen molar-refractivity contribution in [1.82, 2.24) is 25.3 Å². The number of aromatic nitrogens is 4. The molecule has 0 saturated heterocycles. The van der Waals surface area contributed by atoms with Crippen LogP contribution in [0.2, 0.25) is 0 Å². The van der Waals surface area contributed by atoms with Crippen LogP contribution in [0.4, 0.5) is 0 Å². The number of rotatable bonds is 6. The number of fused-ring (bicyclic) bond motifs is 1. The van der Waals surface area contributed by atoms with Crippen LogP contribution >= 0.6 is 0 Å². The number of carbonyl (C=O) groups is 1. The third-order valence-electron chi connectivity index (χ3n) is 4.19. The van der Waals surface area contributed by atoms with Crippen LogP contribution in [0.3, 0.4) is 0 Å². The molecule has 2 aromatic heterocycles. The third-order valence-corrected chi connectivity index (χ3v) is 4.19. The number of hydrogen-bond donors (Lipinski definition) is 2. The number of hydrogen-bond acceptors (Lipinski definition) is 5. The van der Waals surface area contributed by atoms with Crippen LogP contribution in [0.5, 0.6) is 0 Å². The van der Waals surface area contributed by atoms with Gasteiger partial charge in [-0.1, -0.05) is 18.2 Å². The summed E-state index contributed by atoms with van der Waals surface area (Å²) in [5.41, 5.74) is 2.67. The predicted molar refractivity (Wildman–Crippen MR) is 94.6 cm³/mol. The van der Waals surface area contributed by atoms with Crippen LogP contribution in [0.15, 0.2) is 36.5 Å². The van der Waals surface area contributed by atoms with Gasteiger partial charge < -0.3 is 10.4 Å². The standard InChI is InChI=1S/C18H21N5O2/c1-12(8-10-24)11-20-18(25)17-13(2)23(22-21-17)16-7-3-6-15-14(16)5-4-9-19-15/h3-7,9,12,24H,8,10-11H2,1-2H3,(H,20,25). The highest BCUT2D eigenvalue weighted by Crippen LogP contribution is 2.21. The van der Waals surface area contributed by atoms with Gasteiger partial charge in [-0.05, 0) is 43.5 Å². The van der Waals surface area contributed by atoms with Crippen LogP contribution in [0.1, 0.15) is 29.5 Å². The van der Waals surface area contributed by atoms with E-state index < -0.39 is 0 Å². The van der Waals surface area contributed by atoms with Crippen LogP contribution in [-0.4, -0.2) is 44.1 Å². The van der Waals surface area contributed by atoms with Gasteiger partial charge in [0.05, 0.1) is 16.9 Å². The van der Waals surface area contributed by atoms with Gasteiger partial charge in [0.1, 0.15) is 0 Å². The number of nitrogens with one attached hydrogen (secondary N) is 1. The summed E-state index contributed by atoms with van der Waals surface area (Å²) >= 11 is 0. The Hall–Kier alpha value is -2.80. The second kappa shape index (κ2) is 7.40. The highest BCUT2D eigenvalue weighted by molar-refractivity contribution is 5.94. The minimum absolute atomic E-state index is 0.112. The highest BCUT2D eigenvalue weighted by Gasteiger charge is 2.18. The first-order chi connectivity index (χ1) is 12.1. The summed E-state index contributed by atoms with van der Waals surface area (Å²) in [4.78, 5) is 16.7. The molecule has 0 bridgehead atoms. The minimum atomic E-state index is -0.257. The zero-order chi connectivity index (χ0) is 17.8. The molecule has 0 aliphatic heterocycles. The summed E-state index contributed by atoms with van der Waals surface area (Å²) < 4.78 is 1.66. The maximum atomic E-state index is 12.4. The van der Waals surface area contributed by atoms with Crippen LogP contribution < -0.4 is 5.32 Å². The molecule has 0 radical (unpaired) electrons. The van der Waals surface area contributed by atoms with Crippen molar-refractivity contribution in [3.63, 3.8) is 0 Å². The molecule has 2 N–H and O–H groups in total. The number of pyridine rings is 1. The molecule has 1 aromatic carbocycles. The lowest BCUT2D eigenvalue weighted by Gasteiger charge is -2.10. The number of amides is 1. The SMILES string of the molecule is Cc1c(C(=O)NCC(C)CCO)nnn1-c1cccc2ncccc12. The Morgan fingerprint density at radius 1 is 1.32 bits per heavy atom. The van der Waals surface area contributed by atoms with Crippen molar-refractivity contribution in [1.29, 1.82) is 0 Å². The van der Waals surface area contributed by atoms with Gasteiger partial charge in [0.2, 0.25) is 0 Å². The molecule has 3 rings (SSSR count). The zero-order valence-electron chi connectivity index (χ0n) is 14.3. The molecular weight excluding hydrogens is 318 g/mol. The minimum Gasteiger partial charge on any atom is -0.396 e. The van der Waals surface area contributed by atoms with Crippen molar-refractivity contribution in [3.8, 4) is 5.69 Å². The van der Waals surface area contributed by atoms with Crippen molar-refractivity contribution in [2.45, 2.75) is 20.3 Å². The molecule has 2 heterocycles. The molecule has 1 atom stereocenters. The Kier molecular flexibility index (Phi) is 5.04. The van der Waals surface area contributed by atoms with Crippen molar-refractivity contribution >= 4 is 16.8 Å². The number of aliphatic hydroxyl groups is 1. The second-order valence-electron chi connectivity index (χ2n) is 6.11. The Labute approximate surface area is 145 Å². The zero-order valence-corrected chi connectivity index (χ0v) is 14.3. The van der Waals surface area contributed by atoms with E-state index in [-0.39, 0.29) is 18.4 Å². The maximum Gasteiger partial charge on any atom is 0.273 e. The molecule has 7 heteroatoms. The fourth-order valence-corrected chi connectivity index (χ4v) is 2.71. The number of aliphatic hydroxyl groups excluding tert-OH is 1. The van der Waals surface area contributed by atoms with E-state index in [1.807, 2.05) is 44.2 Å². The molecule has 0 fully saturated rings. The number of carbonyl (C=O) groups excluding carboxylic acids is 1. The molecule has 7 nitrogen and oxygen atoms in total. The van der Waals surface area contributed by atoms with Gasteiger partial charge in [0, 0.05) is 24.7 Å². The van der Waals surface area contributed by atoms with E-state index in [2.05, 4.69) is 20.6 Å². The van der Waals surface area contributed by atoms with Gasteiger partial charge in [-0.15, -0.1) is 5.10 Å². The van der Waals surface area contributed by atoms with E-state index in [0.29, 0.717) is 24.4 Å². The summed E-state index contributed by atoms with van der Waals surface area (Å²) in [7, 11) is 0. The maximum absolute atomic E-state index is 12.4. The first-order valence-electron chi connectivity index (χ1n) is 8.27. The second-order valence-corrected chi connectivity index (χ2v) is 6.11. The van der Waals surface area contributed by atoms with Gasteiger partial charge in [-0.3, -0.25) is 9.78 Å². The highest BCUT2D eigenvalue weighted by atomic mass is 16.3. The molecule has 0 aliphatic carbocycles. The molecule has 1 unspecified atom stereocenters. The third kappa shape index (κ3) is 3.51. The van der Waals surface area contributed by atoms with Gasteiger partial charge in [0.15, 0.2) is 5.69 Å². The summed E-state index contributed by atoms with van der Waals surface area (Å²) in [5, 5.41) is 20.9. The molecule has 130 valence electrons. The van der Waals surface area contributed by atoms with E-state index in [0.717, 1.165) is 16.6 Å². The monoisotopic (exact) mass is 339 g/mol. The lowest BCUT2D eigenvalue weighted by molar-refractivity contribution is 0.0939. The quantitative estimate of drug-likeness (QED) is 0.715. The summed E-state index contributed by atoms with van der Waals surface area (Å²) in [6.45, 7) is 4.40. The first-order valence-corrected chi connectivity index (χ1v) is 8.27. The normalized spacial score (nSPS) is 12.3. The average Bonchev–Trinajstić information content (AvgIpc) is 3.01. The van der Waals surface area contributed by atoms with Crippen molar-refractivity contribution in [3.05, 3.63) is 47.9 Å². The Balaban J connectivity index is 1.87. The van der Waals surface area contributed by atoms with Crippen LogP contribution in [0.25, 0.3) is 16.6 Å². The van der Waals surface area contributed by atoms with Crippen LogP contribution in [-0.2, 0) is 0 Å². The topological polar surface area (TPSA) is 92.9 Å². The Morgan fingerprint density at radius 3 is 2.96 bits per heavy atom. The van der Waals surface area contributed by atoms with Gasteiger partial charge in [-0.25, -0.2) is 4.68 Å². The van der Waals surface area contributed by atoms with E-state index in [9.17, 15) is 4.79 Å². The largest absolute Gasteiger partial charge is 0.396 e. The van der Waals surface area contributed by atoms with Gasteiger partial charge >= 0.3 is 0 Å². The smallest absolute Gasteiger partial charge is 0.273 e. The Morgan fingerprint density at radius 2 is 2.16 bits per heavy atom. The van der Waals surface area contributed by atoms with E-state index in [1.54, 1.807) is 10.9 Å². The number of nitrogens with zero attached hydrogens (tertiary/aromatic N) is 4. The predicted octanol–water partition coefficient (Wildman–Crippen LogP) is 1.87. The van der Waals surface area contributed by atoms with E-state index in [1.165, 1.54) is 0 Å².